The number of likely N-dealkylation sites (N-methyl/N-ethyl adjacent to an activating group) is 1. The van der Waals surface area contributed by atoms with E-state index in [1.54, 1.807) is 47.4 Å². The van der Waals surface area contributed by atoms with Gasteiger partial charge in [-0.1, -0.05) is 49.4 Å². The molecule has 11 heteroatoms. The third kappa shape index (κ3) is 8.11. The summed E-state index contributed by atoms with van der Waals surface area (Å²) in [7, 11) is 3.96. The van der Waals surface area contributed by atoms with Crippen LogP contribution in [0.15, 0.2) is 97.2 Å². The van der Waals surface area contributed by atoms with Gasteiger partial charge in [-0.05, 0) is 73.6 Å². The van der Waals surface area contributed by atoms with Crippen molar-refractivity contribution < 1.29 is 24.2 Å². The van der Waals surface area contributed by atoms with Crippen molar-refractivity contribution in [2.24, 2.45) is 13.0 Å². The van der Waals surface area contributed by atoms with Gasteiger partial charge in [0.2, 0.25) is 5.91 Å². The zero-order valence-corrected chi connectivity index (χ0v) is 30.0. The Morgan fingerprint density at radius 3 is 2.50 bits per heavy atom. The number of amides is 3. The van der Waals surface area contributed by atoms with E-state index < -0.39 is 6.04 Å². The molecule has 0 saturated heterocycles. The number of fused-ring (bicyclic) bond motifs is 2. The first-order valence-corrected chi connectivity index (χ1v) is 17.5. The average molecular weight is 703 g/mol. The number of aliphatic hydroxyl groups is 1. The van der Waals surface area contributed by atoms with Crippen LogP contribution in [0.2, 0.25) is 0 Å². The lowest BCUT2D eigenvalue weighted by Crippen LogP contribution is -2.49. The summed E-state index contributed by atoms with van der Waals surface area (Å²) in [6.07, 6.45) is 1.85. The van der Waals surface area contributed by atoms with E-state index >= 15 is 0 Å². The van der Waals surface area contributed by atoms with E-state index in [1.165, 1.54) is 0 Å². The second-order valence-corrected chi connectivity index (χ2v) is 13.8. The molecule has 270 valence electrons. The van der Waals surface area contributed by atoms with Gasteiger partial charge in [-0.25, -0.2) is 0 Å². The van der Waals surface area contributed by atoms with E-state index in [0.29, 0.717) is 53.6 Å². The summed E-state index contributed by atoms with van der Waals surface area (Å²) in [5.74, 6) is -0.341. The molecule has 0 unspecified atom stereocenters. The second kappa shape index (κ2) is 15.7. The number of aliphatic hydroxyl groups excluding tert-OH is 1. The molecule has 3 amide bonds. The molecule has 0 saturated carbocycles. The molecule has 52 heavy (non-hydrogen) atoms. The molecule has 5 aromatic rings. The minimum Gasteiger partial charge on any atom is -0.488 e. The number of carbonyl (C=O) groups excluding carboxylic acids is 3. The monoisotopic (exact) mass is 702 g/mol. The minimum absolute atomic E-state index is 0.0647. The zero-order chi connectivity index (χ0) is 36.9. The van der Waals surface area contributed by atoms with Crippen LogP contribution in [0.5, 0.6) is 5.75 Å². The van der Waals surface area contributed by atoms with Crippen molar-refractivity contribution in [3.63, 3.8) is 0 Å². The second-order valence-electron chi connectivity index (χ2n) is 13.8. The number of nitrogens with one attached hydrogen (secondary N) is 2. The lowest BCUT2D eigenvalue weighted by molar-refractivity contribution is -0.115. The molecule has 5 N–H and O–H groups in total. The number of ether oxygens (including phenoxy) is 1. The normalized spacial score (nSPS) is 16.5. The van der Waals surface area contributed by atoms with Crippen LogP contribution >= 0.6 is 0 Å². The summed E-state index contributed by atoms with van der Waals surface area (Å²) in [6, 6.07) is 27.3. The molecule has 1 aliphatic rings. The summed E-state index contributed by atoms with van der Waals surface area (Å²) in [5, 5.41) is 16.9. The summed E-state index contributed by atoms with van der Waals surface area (Å²) in [6.45, 7) is 5.21. The van der Waals surface area contributed by atoms with Gasteiger partial charge in [-0.15, -0.1) is 0 Å². The summed E-state index contributed by atoms with van der Waals surface area (Å²) in [5.41, 5.74) is 11.4. The average Bonchev–Trinajstić information content (AvgIpc) is 3.45. The topological polar surface area (TPSA) is 142 Å². The van der Waals surface area contributed by atoms with Gasteiger partial charge in [0.1, 0.15) is 11.9 Å². The number of anilines is 3. The largest absolute Gasteiger partial charge is 0.488 e. The minimum atomic E-state index is -0.419. The van der Waals surface area contributed by atoms with Crippen molar-refractivity contribution in [2.75, 3.05) is 43.1 Å². The molecule has 0 spiro atoms. The van der Waals surface area contributed by atoms with E-state index in [9.17, 15) is 19.5 Å². The summed E-state index contributed by atoms with van der Waals surface area (Å²) < 4.78 is 8.59. The number of carbonyl (C=O) groups is 3. The SMILES string of the molecule is C[C@H]1CN([C@@H](C)CO)C(=O)c2cc(NC(=O)Cc3cn(C)c4ccccc34)ccc2O[C@@H]1CN(C)Cc1ccc(C(=O)Nc2ccccc2N)cc1. The van der Waals surface area contributed by atoms with Crippen molar-refractivity contribution in [3.05, 3.63) is 119 Å². The maximum atomic E-state index is 14.0. The molecule has 6 rings (SSSR count). The Kier molecular flexibility index (Phi) is 10.9. The van der Waals surface area contributed by atoms with Crippen LogP contribution in [0.25, 0.3) is 10.9 Å². The molecule has 1 aromatic heterocycles. The number of hydrogen-bond donors (Lipinski definition) is 4. The number of para-hydroxylation sites is 3. The van der Waals surface area contributed by atoms with Gasteiger partial charge < -0.3 is 35.7 Å². The number of rotatable bonds is 11. The Morgan fingerprint density at radius 2 is 1.75 bits per heavy atom. The number of benzene rings is 4. The third-order valence-corrected chi connectivity index (χ3v) is 9.65. The highest BCUT2D eigenvalue weighted by atomic mass is 16.5. The molecule has 4 aromatic carbocycles. The number of aromatic nitrogens is 1. The molecule has 2 heterocycles. The van der Waals surface area contributed by atoms with Crippen molar-refractivity contribution in [1.82, 2.24) is 14.4 Å². The number of hydrogen-bond acceptors (Lipinski definition) is 7. The van der Waals surface area contributed by atoms with Gasteiger partial charge >= 0.3 is 0 Å². The van der Waals surface area contributed by atoms with Crippen molar-refractivity contribution in [2.45, 2.75) is 39.0 Å². The number of nitrogens with two attached hydrogens (primary N) is 1. The molecule has 0 radical (unpaired) electrons. The van der Waals surface area contributed by atoms with Crippen molar-refractivity contribution in [3.8, 4) is 5.75 Å². The Balaban J connectivity index is 1.15. The Morgan fingerprint density at radius 1 is 1.02 bits per heavy atom. The van der Waals surface area contributed by atoms with E-state index in [1.807, 2.05) is 87.2 Å². The molecule has 0 bridgehead atoms. The number of nitrogen functional groups attached to an aromatic ring is 1. The Hall–Kier alpha value is -5.65. The standard InChI is InChI=1S/C41H46N6O5/c1-26-21-47(27(2)25-48)41(51)33-20-31(43-39(49)19-30-23-46(4)36-12-8-5-9-32(30)36)17-18-37(33)52-38(26)24-45(3)22-28-13-15-29(16-14-28)40(50)44-35-11-7-6-10-34(35)42/h5-18,20,23,26-27,38,48H,19,21-22,24-25,42H2,1-4H3,(H,43,49)(H,44,50)/t26-,27-,38+/m0/s1. The van der Waals surface area contributed by atoms with E-state index in [-0.39, 0.29) is 42.8 Å². The smallest absolute Gasteiger partial charge is 0.258 e. The summed E-state index contributed by atoms with van der Waals surface area (Å²) >= 11 is 0. The fraction of sp³-hybridized carbons (Fsp3) is 0.293. The van der Waals surface area contributed by atoms with Crippen LogP contribution in [-0.2, 0) is 24.8 Å². The first-order valence-electron chi connectivity index (χ1n) is 17.5. The quantitative estimate of drug-likeness (QED) is 0.132. The molecule has 0 fully saturated rings. The predicted molar refractivity (Wildman–Crippen MR) is 204 cm³/mol. The van der Waals surface area contributed by atoms with Crippen LogP contribution in [0.3, 0.4) is 0 Å². The van der Waals surface area contributed by atoms with Crippen LogP contribution in [0, 0.1) is 5.92 Å². The highest BCUT2D eigenvalue weighted by molar-refractivity contribution is 6.05. The zero-order valence-electron chi connectivity index (χ0n) is 30.0. The van der Waals surface area contributed by atoms with Crippen molar-refractivity contribution in [1.29, 1.82) is 0 Å². The van der Waals surface area contributed by atoms with Gasteiger partial charge in [-0.3, -0.25) is 19.3 Å². The van der Waals surface area contributed by atoms with Crippen LogP contribution in [0.1, 0.15) is 45.7 Å². The van der Waals surface area contributed by atoms with Gasteiger partial charge in [0.05, 0.1) is 36.0 Å². The lowest BCUT2D eigenvalue weighted by atomic mass is 9.99. The maximum Gasteiger partial charge on any atom is 0.258 e. The van der Waals surface area contributed by atoms with E-state index in [0.717, 1.165) is 22.0 Å². The molecular formula is C41H46N6O5. The van der Waals surface area contributed by atoms with Gasteiger partial charge in [-0.2, -0.15) is 0 Å². The van der Waals surface area contributed by atoms with Gasteiger partial charge in [0.15, 0.2) is 0 Å². The summed E-state index contributed by atoms with van der Waals surface area (Å²) in [4.78, 5) is 43.8. The van der Waals surface area contributed by atoms with Gasteiger partial charge in [0, 0.05) is 61.0 Å². The first-order chi connectivity index (χ1) is 25.0. The van der Waals surface area contributed by atoms with Gasteiger partial charge in [0.25, 0.3) is 11.8 Å². The highest BCUT2D eigenvalue weighted by Gasteiger charge is 2.33. The van der Waals surface area contributed by atoms with Crippen molar-refractivity contribution >= 4 is 45.7 Å². The van der Waals surface area contributed by atoms with E-state index in [4.69, 9.17) is 10.5 Å². The predicted octanol–water partition coefficient (Wildman–Crippen LogP) is 5.55. The maximum absolute atomic E-state index is 14.0. The molecule has 3 atom stereocenters. The lowest BCUT2D eigenvalue weighted by Gasteiger charge is -2.38. The third-order valence-electron chi connectivity index (χ3n) is 9.65. The van der Waals surface area contributed by atoms with Crippen LogP contribution < -0.4 is 21.1 Å². The van der Waals surface area contributed by atoms with E-state index in [2.05, 4.69) is 15.5 Å². The number of aryl methyl sites for hydroxylation is 1. The fourth-order valence-corrected chi connectivity index (χ4v) is 6.71. The molecular weight excluding hydrogens is 656 g/mol. The fourth-order valence-electron chi connectivity index (χ4n) is 6.71. The Bertz CT molecular complexity index is 2080. The Labute approximate surface area is 304 Å². The number of nitrogens with zero attached hydrogens (tertiary/aromatic N) is 3. The highest BCUT2D eigenvalue weighted by Crippen LogP contribution is 2.31. The molecule has 0 aliphatic carbocycles. The molecule has 1 aliphatic heterocycles. The van der Waals surface area contributed by atoms with Crippen LogP contribution in [-0.4, -0.2) is 76.1 Å². The van der Waals surface area contributed by atoms with Crippen LogP contribution in [0.4, 0.5) is 17.1 Å². The molecule has 11 nitrogen and oxygen atoms in total. The first kappa shape index (κ1) is 36.2.